The van der Waals surface area contributed by atoms with Crippen molar-refractivity contribution in [2.45, 2.75) is 60.3 Å². The van der Waals surface area contributed by atoms with E-state index in [1.54, 1.807) is 0 Å². The summed E-state index contributed by atoms with van der Waals surface area (Å²) in [5.74, 6) is 0.508. The Morgan fingerprint density at radius 3 is 1.84 bits per heavy atom. The zero-order valence-electron chi connectivity index (χ0n) is 13.1. The van der Waals surface area contributed by atoms with Gasteiger partial charge in [-0.1, -0.05) is 40.5 Å². The van der Waals surface area contributed by atoms with Gasteiger partial charge in [0.15, 0.2) is 0 Å². The van der Waals surface area contributed by atoms with Crippen LogP contribution in [-0.2, 0) is 9.59 Å². The lowest BCUT2D eigenvalue weighted by molar-refractivity contribution is -0.131. The topological polar surface area (TPSA) is 58.2 Å². The summed E-state index contributed by atoms with van der Waals surface area (Å²) in [5.41, 5.74) is -0.300. The van der Waals surface area contributed by atoms with Gasteiger partial charge in [0.2, 0.25) is 11.8 Å². The van der Waals surface area contributed by atoms with Gasteiger partial charge >= 0.3 is 0 Å². The molecular weight excluding hydrogens is 240 g/mol. The van der Waals surface area contributed by atoms with Gasteiger partial charge in [0.05, 0.1) is 0 Å². The molecule has 2 N–H and O–H groups in total. The Morgan fingerprint density at radius 2 is 1.42 bits per heavy atom. The predicted molar refractivity (Wildman–Crippen MR) is 78.8 cm³/mol. The first-order chi connectivity index (χ1) is 8.78. The molecule has 4 nitrogen and oxygen atoms in total. The molecule has 4 heteroatoms. The Hall–Kier alpha value is -1.06. The second-order valence-corrected chi connectivity index (χ2v) is 6.03. The molecule has 0 aromatic heterocycles. The highest BCUT2D eigenvalue weighted by Crippen LogP contribution is 2.25. The minimum Gasteiger partial charge on any atom is -0.356 e. The van der Waals surface area contributed by atoms with Gasteiger partial charge in [-0.15, -0.1) is 0 Å². The Balaban J connectivity index is 3.55. The molecule has 0 bridgehead atoms. The molecule has 2 amide bonds. The van der Waals surface area contributed by atoms with E-state index in [0.29, 0.717) is 5.92 Å². The second kappa shape index (κ2) is 8.94. The fourth-order valence-corrected chi connectivity index (χ4v) is 1.56. The first-order valence-electron chi connectivity index (χ1n) is 7.31. The summed E-state index contributed by atoms with van der Waals surface area (Å²) in [5, 5.41) is 5.78. The van der Waals surface area contributed by atoms with E-state index in [0.717, 1.165) is 38.8 Å². The average Bonchev–Trinajstić information content (AvgIpc) is 2.31. The molecule has 0 aromatic rings. The van der Waals surface area contributed by atoms with E-state index in [1.165, 1.54) is 6.92 Å². The maximum Gasteiger partial charge on any atom is 0.225 e. The minimum atomic E-state index is -0.300. The van der Waals surface area contributed by atoms with Crippen molar-refractivity contribution in [3.8, 4) is 0 Å². The molecule has 0 aliphatic rings. The number of amides is 2. The van der Waals surface area contributed by atoms with E-state index in [1.807, 2.05) is 13.8 Å². The Kier molecular flexibility index (Phi) is 8.44. The van der Waals surface area contributed by atoms with Crippen molar-refractivity contribution in [1.82, 2.24) is 10.6 Å². The summed E-state index contributed by atoms with van der Waals surface area (Å²) >= 11 is 0. The summed E-state index contributed by atoms with van der Waals surface area (Å²) in [7, 11) is 0. The Bertz CT molecular complexity index is 286. The van der Waals surface area contributed by atoms with Gasteiger partial charge in [0, 0.05) is 25.4 Å². The van der Waals surface area contributed by atoms with Crippen LogP contribution >= 0.6 is 0 Å². The minimum absolute atomic E-state index is 0.0307. The third-order valence-electron chi connectivity index (χ3n) is 3.79. The van der Waals surface area contributed by atoms with Crippen LogP contribution in [0.4, 0.5) is 0 Å². The molecule has 0 saturated carbocycles. The predicted octanol–water partition coefficient (Wildman–Crippen LogP) is 2.48. The molecule has 0 unspecified atom stereocenters. The molecule has 19 heavy (non-hydrogen) atoms. The van der Waals surface area contributed by atoms with E-state index in [-0.39, 0.29) is 17.2 Å². The van der Waals surface area contributed by atoms with Crippen LogP contribution < -0.4 is 10.6 Å². The summed E-state index contributed by atoms with van der Waals surface area (Å²) < 4.78 is 0. The molecule has 0 spiro atoms. The lowest BCUT2D eigenvalue weighted by atomic mass is 9.80. The van der Waals surface area contributed by atoms with Gasteiger partial charge in [-0.2, -0.15) is 0 Å². The van der Waals surface area contributed by atoms with Gasteiger partial charge in [-0.05, 0) is 18.8 Å². The van der Waals surface area contributed by atoms with Crippen molar-refractivity contribution in [2.24, 2.45) is 11.3 Å². The molecule has 0 saturated heterocycles. The van der Waals surface area contributed by atoms with Gasteiger partial charge in [0.25, 0.3) is 0 Å². The molecule has 0 heterocycles. The molecule has 0 atom stereocenters. The number of hydrogen-bond acceptors (Lipinski definition) is 2. The highest BCUT2D eigenvalue weighted by Gasteiger charge is 2.30. The second-order valence-electron chi connectivity index (χ2n) is 6.03. The number of carbonyl (C=O) groups is 2. The van der Waals surface area contributed by atoms with E-state index in [9.17, 15) is 9.59 Å². The quantitative estimate of drug-likeness (QED) is 0.632. The van der Waals surface area contributed by atoms with E-state index in [4.69, 9.17) is 0 Å². The molecule has 0 radical (unpaired) electrons. The van der Waals surface area contributed by atoms with E-state index in [2.05, 4.69) is 24.5 Å². The van der Waals surface area contributed by atoms with E-state index < -0.39 is 0 Å². The van der Waals surface area contributed by atoms with Crippen molar-refractivity contribution < 1.29 is 9.59 Å². The standard InChI is InChI=1S/C15H30N2O2/c1-12(2)15(4,5)14(19)17-11-9-7-6-8-10-16-13(3)18/h12H,6-11H2,1-5H3,(H,16,18)(H,17,19). The fraction of sp³-hybridized carbons (Fsp3) is 0.867. The van der Waals surface area contributed by atoms with Gasteiger partial charge in [-0.3, -0.25) is 9.59 Å². The summed E-state index contributed by atoms with van der Waals surface area (Å²) in [4.78, 5) is 22.6. The average molecular weight is 270 g/mol. The highest BCUT2D eigenvalue weighted by molar-refractivity contribution is 5.81. The first-order valence-corrected chi connectivity index (χ1v) is 7.31. The Labute approximate surface area is 117 Å². The van der Waals surface area contributed by atoms with Crippen molar-refractivity contribution in [1.29, 1.82) is 0 Å². The SMILES string of the molecule is CC(=O)NCCCCCCNC(=O)C(C)(C)C(C)C. The summed E-state index contributed by atoms with van der Waals surface area (Å²) in [6, 6.07) is 0. The third kappa shape index (κ3) is 7.85. The molecule has 0 rings (SSSR count). The molecule has 0 aromatic carbocycles. The van der Waals surface area contributed by atoms with Crippen molar-refractivity contribution in [3.63, 3.8) is 0 Å². The molecule has 0 aliphatic carbocycles. The van der Waals surface area contributed by atoms with Gasteiger partial charge in [-0.25, -0.2) is 0 Å². The van der Waals surface area contributed by atoms with Crippen LogP contribution in [0.5, 0.6) is 0 Å². The highest BCUT2D eigenvalue weighted by atomic mass is 16.2. The lowest BCUT2D eigenvalue weighted by Gasteiger charge is -2.27. The number of rotatable bonds is 9. The zero-order chi connectivity index (χ0) is 14.9. The maximum absolute atomic E-state index is 12.0. The van der Waals surface area contributed by atoms with Crippen molar-refractivity contribution in [3.05, 3.63) is 0 Å². The summed E-state index contributed by atoms with van der Waals surface area (Å²) in [6.07, 6.45) is 4.18. The Morgan fingerprint density at radius 1 is 0.947 bits per heavy atom. The smallest absolute Gasteiger partial charge is 0.225 e. The largest absolute Gasteiger partial charge is 0.356 e. The molecular formula is C15H30N2O2. The van der Waals surface area contributed by atoms with Gasteiger partial charge < -0.3 is 10.6 Å². The zero-order valence-corrected chi connectivity index (χ0v) is 13.1. The van der Waals surface area contributed by atoms with Crippen molar-refractivity contribution >= 4 is 11.8 Å². The number of nitrogens with one attached hydrogen (secondary N) is 2. The van der Waals surface area contributed by atoms with Crippen LogP contribution in [0.15, 0.2) is 0 Å². The van der Waals surface area contributed by atoms with Gasteiger partial charge in [0.1, 0.15) is 0 Å². The normalized spacial score (nSPS) is 11.5. The van der Waals surface area contributed by atoms with Crippen LogP contribution in [0.1, 0.15) is 60.3 Å². The summed E-state index contributed by atoms with van der Waals surface area (Å²) in [6.45, 7) is 11.1. The van der Waals surface area contributed by atoms with Crippen LogP contribution in [0, 0.1) is 11.3 Å². The third-order valence-corrected chi connectivity index (χ3v) is 3.79. The number of unbranched alkanes of at least 4 members (excludes halogenated alkanes) is 3. The molecule has 0 aliphatic heterocycles. The number of carbonyl (C=O) groups excluding carboxylic acids is 2. The molecule has 0 fully saturated rings. The fourth-order valence-electron chi connectivity index (χ4n) is 1.56. The van der Waals surface area contributed by atoms with E-state index >= 15 is 0 Å². The van der Waals surface area contributed by atoms with Crippen LogP contribution in [0.3, 0.4) is 0 Å². The first kappa shape index (κ1) is 17.9. The number of hydrogen-bond donors (Lipinski definition) is 2. The lowest BCUT2D eigenvalue weighted by Crippen LogP contribution is -2.40. The van der Waals surface area contributed by atoms with Crippen LogP contribution in [0.25, 0.3) is 0 Å². The van der Waals surface area contributed by atoms with Crippen molar-refractivity contribution in [2.75, 3.05) is 13.1 Å². The molecule has 112 valence electrons. The maximum atomic E-state index is 12.0. The van der Waals surface area contributed by atoms with Crippen LogP contribution in [0.2, 0.25) is 0 Å². The monoisotopic (exact) mass is 270 g/mol. The van der Waals surface area contributed by atoms with Crippen LogP contribution in [-0.4, -0.2) is 24.9 Å².